The molecular formula is C14H19N3O5S2. The minimum atomic E-state index is -3.92. The van der Waals surface area contributed by atoms with Crippen molar-refractivity contribution in [1.29, 1.82) is 0 Å². The zero-order chi connectivity index (χ0) is 17.9. The smallest absolute Gasteiger partial charge is 0.243 e. The molecule has 1 atom stereocenters. The number of nitrogens with two attached hydrogens (primary N) is 1. The Morgan fingerprint density at radius 1 is 1.29 bits per heavy atom. The number of thiol groups is 1. The van der Waals surface area contributed by atoms with Gasteiger partial charge in [-0.25, -0.2) is 8.42 Å². The minimum absolute atomic E-state index is 0.0124. The normalized spacial score (nSPS) is 19.1. The van der Waals surface area contributed by atoms with E-state index in [0.717, 1.165) is 4.31 Å². The predicted molar refractivity (Wildman–Crippen MR) is 90.3 cm³/mol. The van der Waals surface area contributed by atoms with Crippen molar-refractivity contribution in [2.75, 3.05) is 32.5 Å². The number of nitrogens with zero attached hydrogens (tertiary/aromatic N) is 2. The van der Waals surface area contributed by atoms with Gasteiger partial charge in [-0.15, -0.1) is 0 Å². The van der Waals surface area contributed by atoms with Crippen LogP contribution in [0.15, 0.2) is 29.2 Å². The maximum Gasteiger partial charge on any atom is 0.243 e. The van der Waals surface area contributed by atoms with Crippen molar-refractivity contribution in [3.63, 3.8) is 0 Å². The first-order valence-corrected chi connectivity index (χ1v) is 9.22. The van der Waals surface area contributed by atoms with E-state index in [9.17, 15) is 18.0 Å². The summed E-state index contributed by atoms with van der Waals surface area (Å²) in [6.07, 6.45) is 0. The lowest BCUT2D eigenvalue weighted by Crippen LogP contribution is -2.60. The van der Waals surface area contributed by atoms with Crippen molar-refractivity contribution in [3.8, 4) is 5.75 Å². The van der Waals surface area contributed by atoms with E-state index in [1.165, 1.54) is 36.3 Å². The zero-order valence-corrected chi connectivity index (χ0v) is 14.8. The lowest BCUT2D eigenvalue weighted by molar-refractivity contribution is -0.133. The van der Waals surface area contributed by atoms with E-state index < -0.39 is 22.0 Å². The Morgan fingerprint density at radius 3 is 2.42 bits per heavy atom. The lowest BCUT2D eigenvalue weighted by atomic mass is 10.2. The molecule has 1 aliphatic heterocycles. The Morgan fingerprint density at radius 2 is 1.92 bits per heavy atom. The molecule has 1 fully saturated rings. The third-order valence-electron chi connectivity index (χ3n) is 3.81. The average Bonchev–Trinajstić information content (AvgIpc) is 2.60. The largest absolute Gasteiger partial charge is 0.497 e. The third-order valence-corrected chi connectivity index (χ3v) is 6.01. The molecule has 2 rings (SSSR count). The second kappa shape index (κ2) is 7.41. The molecule has 132 valence electrons. The van der Waals surface area contributed by atoms with Gasteiger partial charge in [0.15, 0.2) is 0 Å². The Bertz CT molecular complexity index is 720. The summed E-state index contributed by atoms with van der Waals surface area (Å²) >= 11 is 3.91. The number of piperazine rings is 1. The van der Waals surface area contributed by atoms with E-state index in [1.807, 2.05) is 0 Å². The number of sulfonamides is 1. The van der Waals surface area contributed by atoms with Gasteiger partial charge < -0.3 is 15.4 Å². The van der Waals surface area contributed by atoms with Gasteiger partial charge in [-0.1, -0.05) is 0 Å². The van der Waals surface area contributed by atoms with Gasteiger partial charge >= 0.3 is 0 Å². The van der Waals surface area contributed by atoms with Crippen molar-refractivity contribution < 1.29 is 22.7 Å². The van der Waals surface area contributed by atoms with Crippen molar-refractivity contribution in [2.45, 2.75) is 10.9 Å². The first-order valence-electron chi connectivity index (χ1n) is 7.15. The van der Waals surface area contributed by atoms with Gasteiger partial charge in [0, 0.05) is 19.6 Å². The standard InChI is InChI=1S/C14H19N3O5S2/c1-22-10-2-4-11(5-3-10)24(20,21)17-7-6-16(13(18)9-23)8-12(17)14(15)19/h2-5,12,23H,6-9H2,1H3,(H2,15,19)/t12-/m1/s1. The van der Waals surface area contributed by atoms with Crippen LogP contribution in [0.1, 0.15) is 0 Å². The minimum Gasteiger partial charge on any atom is -0.497 e. The molecule has 1 heterocycles. The fraction of sp³-hybridized carbons (Fsp3) is 0.429. The molecule has 0 radical (unpaired) electrons. The molecule has 2 N–H and O–H groups in total. The molecule has 2 amide bonds. The van der Waals surface area contributed by atoms with E-state index >= 15 is 0 Å². The van der Waals surface area contributed by atoms with E-state index in [1.54, 1.807) is 0 Å². The highest BCUT2D eigenvalue weighted by Crippen LogP contribution is 2.23. The van der Waals surface area contributed by atoms with E-state index in [0.29, 0.717) is 5.75 Å². The van der Waals surface area contributed by atoms with Crippen LogP contribution in [0.2, 0.25) is 0 Å². The Kier molecular flexibility index (Phi) is 5.73. The summed E-state index contributed by atoms with van der Waals surface area (Å²) in [5.74, 6) is -0.573. The Labute approximate surface area is 146 Å². The summed E-state index contributed by atoms with van der Waals surface area (Å²) in [6.45, 7) is 0.0875. The molecule has 0 aliphatic carbocycles. The average molecular weight is 373 g/mol. The molecule has 24 heavy (non-hydrogen) atoms. The number of carbonyl (C=O) groups excluding carboxylic acids is 2. The van der Waals surface area contributed by atoms with Crippen LogP contribution in [0.4, 0.5) is 0 Å². The third kappa shape index (κ3) is 3.65. The Balaban J connectivity index is 2.30. The molecule has 10 heteroatoms. The molecular weight excluding hydrogens is 354 g/mol. The van der Waals surface area contributed by atoms with Crippen LogP contribution in [0.25, 0.3) is 0 Å². The number of primary amides is 1. The molecule has 1 aromatic rings. The van der Waals surface area contributed by atoms with Crippen LogP contribution in [0.5, 0.6) is 5.75 Å². The number of amides is 2. The molecule has 1 saturated heterocycles. The fourth-order valence-corrected chi connectivity index (χ4v) is 4.27. The lowest BCUT2D eigenvalue weighted by Gasteiger charge is -2.38. The highest BCUT2D eigenvalue weighted by molar-refractivity contribution is 7.89. The summed E-state index contributed by atoms with van der Waals surface area (Å²) in [4.78, 5) is 24.9. The molecule has 8 nitrogen and oxygen atoms in total. The summed E-state index contributed by atoms with van der Waals surface area (Å²) < 4.78 is 31.7. The fourth-order valence-electron chi connectivity index (χ4n) is 2.50. The summed E-state index contributed by atoms with van der Waals surface area (Å²) in [7, 11) is -2.44. The van der Waals surface area contributed by atoms with Crippen molar-refractivity contribution in [1.82, 2.24) is 9.21 Å². The van der Waals surface area contributed by atoms with Gasteiger partial charge in [0.05, 0.1) is 17.8 Å². The summed E-state index contributed by atoms with van der Waals surface area (Å²) in [5, 5.41) is 0. The van der Waals surface area contributed by atoms with E-state index in [4.69, 9.17) is 10.5 Å². The number of hydrogen-bond donors (Lipinski definition) is 2. The van der Waals surface area contributed by atoms with Gasteiger partial charge in [-0.05, 0) is 24.3 Å². The highest BCUT2D eigenvalue weighted by atomic mass is 32.2. The van der Waals surface area contributed by atoms with Gasteiger partial charge in [-0.3, -0.25) is 9.59 Å². The number of ether oxygens (including phenoxy) is 1. The predicted octanol–water partition coefficient (Wildman–Crippen LogP) is -0.688. The van der Waals surface area contributed by atoms with Crippen LogP contribution >= 0.6 is 12.6 Å². The maximum atomic E-state index is 12.8. The van der Waals surface area contributed by atoms with E-state index in [2.05, 4.69) is 12.6 Å². The number of methoxy groups -OCH3 is 1. The topological polar surface area (TPSA) is 110 Å². The van der Waals surface area contributed by atoms with Crippen molar-refractivity contribution in [3.05, 3.63) is 24.3 Å². The number of benzene rings is 1. The second-order valence-electron chi connectivity index (χ2n) is 5.21. The molecule has 0 bridgehead atoms. The molecule has 1 aromatic carbocycles. The second-order valence-corrected chi connectivity index (χ2v) is 7.41. The first kappa shape index (κ1) is 18.6. The molecule has 0 unspecified atom stereocenters. The van der Waals surface area contributed by atoms with Gasteiger partial charge in [0.1, 0.15) is 11.8 Å². The molecule has 0 aromatic heterocycles. The Hall–Kier alpha value is -1.78. The SMILES string of the molecule is COc1ccc(S(=O)(=O)N2CCN(C(=O)CS)C[C@@H]2C(N)=O)cc1. The monoisotopic (exact) mass is 373 g/mol. The van der Waals surface area contributed by atoms with Crippen molar-refractivity contribution in [2.24, 2.45) is 5.73 Å². The van der Waals surface area contributed by atoms with Crippen molar-refractivity contribution >= 4 is 34.5 Å². The number of rotatable bonds is 5. The van der Waals surface area contributed by atoms with Gasteiger partial charge in [0.2, 0.25) is 21.8 Å². The van der Waals surface area contributed by atoms with Gasteiger partial charge in [-0.2, -0.15) is 16.9 Å². The molecule has 0 spiro atoms. The molecule has 1 aliphatic rings. The number of hydrogen-bond acceptors (Lipinski definition) is 6. The maximum absolute atomic E-state index is 12.8. The quantitative estimate of drug-likeness (QED) is 0.664. The summed E-state index contributed by atoms with van der Waals surface area (Å²) in [5.41, 5.74) is 5.36. The number of carbonyl (C=O) groups is 2. The van der Waals surface area contributed by atoms with E-state index in [-0.39, 0.29) is 36.2 Å². The van der Waals surface area contributed by atoms with Crippen LogP contribution in [-0.2, 0) is 19.6 Å². The molecule has 0 saturated carbocycles. The van der Waals surface area contributed by atoms with Crippen LogP contribution in [-0.4, -0.2) is 68.0 Å². The van der Waals surface area contributed by atoms with Crippen LogP contribution < -0.4 is 10.5 Å². The van der Waals surface area contributed by atoms with Gasteiger partial charge in [0.25, 0.3) is 0 Å². The summed E-state index contributed by atoms with van der Waals surface area (Å²) in [6, 6.07) is 4.73. The van der Waals surface area contributed by atoms with Crippen LogP contribution in [0.3, 0.4) is 0 Å². The zero-order valence-electron chi connectivity index (χ0n) is 13.1. The van der Waals surface area contributed by atoms with Crippen LogP contribution in [0, 0.1) is 0 Å². The highest BCUT2D eigenvalue weighted by Gasteiger charge is 2.40. The first-order chi connectivity index (χ1) is 11.3.